The highest BCUT2D eigenvalue weighted by Gasteiger charge is 2.19. The van der Waals surface area contributed by atoms with Gasteiger partial charge in [-0.2, -0.15) is 0 Å². The molecule has 2 aromatic carbocycles. The van der Waals surface area contributed by atoms with Crippen LogP contribution in [0.3, 0.4) is 0 Å². The smallest absolute Gasteiger partial charge is 0.239 e. The molecule has 2 amide bonds. The maximum absolute atomic E-state index is 12.6. The number of hydrogen-bond acceptors (Lipinski definition) is 2. The summed E-state index contributed by atoms with van der Waals surface area (Å²) in [7, 11) is 0. The van der Waals surface area contributed by atoms with Crippen LogP contribution >= 0.6 is 0 Å². The predicted molar refractivity (Wildman–Crippen MR) is 112 cm³/mol. The number of rotatable bonds is 7. The number of amides is 2. The molecule has 0 bridgehead atoms. The number of nitrogens with one attached hydrogen (secondary N) is 2. The molecule has 0 saturated heterocycles. The van der Waals surface area contributed by atoms with Gasteiger partial charge in [0.2, 0.25) is 11.8 Å². The predicted octanol–water partition coefficient (Wildman–Crippen LogP) is 4.16. The van der Waals surface area contributed by atoms with E-state index in [4.69, 9.17) is 0 Å². The normalized spacial score (nSPS) is 15.0. The molecular formula is C24H30N2O2. The van der Waals surface area contributed by atoms with Gasteiger partial charge in [0, 0.05) is 18.4 Å². The van der Waals surface area contributed by atoms with Crippen molar-refractivity contribution < 1.29 is 9.59 Å². The summed E-state index contributed by atoms with van der Waals surface area (Å²) in [5.74, 6) is -0.211. The summed E-state index contributed by atoms with van der Waals surface area (Å²) < 4.78 is 0. The Bertz CT molecular complexity index is 698. The standard InChI is InChI=1S/C24H30N2O2/c27-23(25-18-24(28)26-21-15-9-1-2-10-16-21)17-22(19-11-5-3-6-12-19)20-13-7-4-8-14-20/h3-8,11-14,21-22H,1-2,9-10,15-18H2,(H,25,27)(H,26,28). The SMILES string of the molecule is O=C(CC(c1ccccc1)c1ccccc1)NCC(=O)NC1CCCCCC1. The molecular weight excluding hydrogens is 348 g/mol. The van der Waals surface area contributed by atoms with E-state index < -0.39 is 0 Å². The summed E-state index contributed by atoms with van der Waals surface area (Å²) in [4.78, 5) is 24.8. The second kappa shape index (κ2) is 10.6. The molecule has 4 nitrogen and oxygen atoms in total. The van der Waals surface area contributed by atoms with Crippen LogP contribution in [-0.2, 0) is 9.59 Å². The van der Waals surface area contributed by atoms with Crippen molar-refractivity contribution in [1.29, 1.82) is 0 Å². The first kappa shape index (κ1) is 20.1. The fourth-order valence-corrected chi connectivity index (χ4v) is 3.94. The third-order valence-corrected chi connectivity index (χ3v) is 5.46. The fraction of sp³-hybridized carbons (Fsp3) is 0.417. The van der Waals surface area contributed by atoms with Crippen molar-refractivity contribution >= 4 is 11.8 Å². The lowest BCUT2D eigenvalue weighted by Crippen LogP contribution is -2.42. The molecule has 148 valence electrons. The fourth-order valence-electron chi connectivity index (χ4n) is 3.94. The Morgan fingerprint density at radius 1 is 0.786 bits per heavy atom. The quantitative estimate of drug-likeness (QED) is 0.711. The third-order valence-electron chi connectivity index (χ3n) is 5.46. The zero-order valence-corrected chi connectivity index (χ0v) is 16.4. The summed E-state index contributed by atoms with van der Waals surface area (Å²) in [6, 6.07) is 20.3. The number of benzene rings is 2. The van der Waals surface area contributed by atoms with E-state index in [-0.39, 0.29) is 30.3 Å². The Labute approximate surface area is 167 Å². The van der Waals surface area contributed by atoms with Gasteiger partial charge in [0.1, 0.15) is 0 Å². The van der Waals surface area contributed by atoms with Crippen LogP contribution in [0.5, 0.6) is 0 Å². The lowest BCUT2D eigenvalue weighted by Gasteiger charge is -2.19. The van der Waals surface area contributed by atoms with E-state index in [1.54, 1.807) is 0 Å². The molecule has 2 aromatic rings. The Hall–Kier alpha value is -2.62. The zero-order valence-electron chi connectivity index (χ0n) is 16.4. The van der Waals surface area contributed by atoms with Gasteiger partial charge >= 0.3 is 0 Å². The molecule has 0 unspecified atom stereocenters. The zero-order chi connectivity index (χ0) is 19.6. The van der Waals surface area contributed by atoms with E-state index in [1.165, 1.54) is 25.7 Å². The van der Waals surface area contributed by atoms with Gasteiger partial charge in [0.25, 0.3) is 0 Å². The topological polar surface area (TPSA) is 58.2 Å². The maximum atomic E-state index is 12.6. The highest BCUT2D eigenvalue weighted by Crippen LogP contribution is 2.27. The van der Waals surface area contributed by atoms with Crippen molar-refractivity contribution in [3.63, 3.8) is 0 Å². The van der Waals surface area contributed by atoms with Gasteiger partial charge in [0.05, 0.1) is 6.54 Å². The molecule has 0 heterocycles. The molecule has 3 rings (SSSR count). The van der Waals surface area contributed by atoms with Crippen molar-refractivity contribution in [2.45, 2.75) is 56.9 Å². The second-order valence-electron chi connectivity index (χ2n) is 7.61. The van der Waals surface area contributed by atoms with Gasteiger partial charge in [-0.3, -0.25) is 9.59 Å². The summed E-state index contributed by atoms with van der Waals surface area (Å²) >= 11 is 0. The first-order chi connectivity index (χ1) is 13.7. The van der Waals surface area contributed by atoms with Crippen molar-refractivity contribution in [3.8, 4) is 0 Å². The third kappa shape index (κ3) is 6.22. The molecule has 0 aromatic heterocycles. The van der Waals surface area contributed by atoms with E-state index in [2.05, 4.69) is 10.6 Å². The minimum atomic E-state index is -0.103. The average Bonchev–Trinajstić information content (AvgIpc) is 3.00. The molecule has 28 heavy (non-hydrogen) atoms. The molecule has 4 heteroatoms. The monoisotopic (exact) mass is 378 g/mol. The van der Waals surface area contributed by atoms with Crippen molar-refractivity contribution in [1.82, 2.24) is 10.6 Å². The summed E-state index contributed by atoms with van der Waals surface area (Å²) in [6.45, 7) is 0.0473. The van der Waals surface area contributed by atoms with Crippen LogP contribution in [0, 0.1) is 0 Å². The van der Waals surface area contributed by atoms with Gasteiger partial charge in [-0.15, -0.1) is 0 Å². The van der Waals surface area contributed by atoms with Gasteiger partial charge in [-0.25, -0.2) is 0 Å². The Balaban J connectivity index is 1.54. The largest absolute Gasteiger partial charge is 0.352 e. The van der Waals surface area contributed by atoms with Gasteiger partial charge in [-0.1, -0.05) is 86.3 Å². The van der Waals surface area contributed by atoms with Crippen molar-refractivity contribution in [2.24, 2.45) is 0 Å². The Morgan fingerprint density at radius 3 is 1.86 bits per heavy atom. The van der Waals surface area contributed by atoms with Crippen molar-refractivity contribution in [2.75, 3.05) is 6.54 Å². The van der Waals surface area contributed by atoms with E-state index >= 15 is 0 Å². The molecule has 0 aliphatic heterocycles. The second-order valence-corrected chi connectivity index (χ2v) is 7.61. The van der Waals surface area contributed by atoms with Crippen molar-refractivity contribution in [3.05, 3.63) is 71.8 Å². The highest BCUT2D eigenvalue weighted by atomic mass is 16.2. The lowest BCUT2D eigenvalue weighted by molar-refractivity contribution is -0.126. The lowest BCUT2D eigenvalue weighted by atomic mass is 9.88. The minimum absolute atomic E-state index is 0.0210. The van der Waals surface area contributed by atoms with E-state index in [0.29, 0.717) is 6.42 Å². The molecule has 1 saturated carbocycles. The van der Waals surface area contributed by atoms with E-state index in [9.17, 15) is 9.59 Å². The minimum Gasteiger partial charge on any atom is -0.352 e. The summed E-state index contributed by atoms with van der Waals surface area (Å²) in [6.07, 6.45) is 7.27. The Kier molecular flexibility index (Phi) is 7.65. The maximum Gasteiger partial charge on any atom is 0.239 e. The van der Waals surface area contributed by atoms with E-state index in [1.807, 2.05) is 60.7 Å². The average molecular weight is 379 g/mol. The molecule has 0 radical (unpaired) electrons. The van der Waals surface area contributed by atoms with Gasteiger partial charge < -0.3 is 10.6 Å². The summed E-state index contributed by atoms with van der Waals surface area (Å²) in [5.41, 5.74) is 2.21. The van der Waals surface area contributed by atoms with Gasteiger partial charge in [0.15, 0.2) is 0 Å². The summed E-state index contributed by atoms with van der Waals surface area (Å²) in [5, 5.41) is 5.88. The van der Waals surface area contributed by atoms with E-state index in [0.717, 1.165) is 24.0 Å². The molecule has 1 aliphatic rings. The first-order valence-corrected chi connectivity index (χ1v) is 10.4. The van der Waals surface area contributed by atoms with Crippen LogP contribution in [0.4, 0.5) is 0 Å². The number of carbonyl (C=O) groups excluding carboxylic acids is 2. The molecule has 1 aliphatic carbocycles. The van der Waals surface area contributed by atoms with Crippen LogP contribution in [-0.4, -0.2) is 24.4 Å². The van der Waals surface area contributed by atoms with Crippen LogP contribution in [0.15, 0.2) is 60.7 Å². The molecule has 0 spiro atoms. The molecule has 1 fully saturated rings. The number of hydrogen-bond donors (Lipinski definition) is 2. The van der Waals surface area contributed by atoms with Crippen LogP contribution < -0.4 is 10.6 Å². The highest BCUT2D eigenvalue weighted by molar-refractivity contribution is 5.85. The number of carbonyl (C=O) groups is 2. The van der Waals surface area contributed by atoms with Crippen LogP contribution in [0.1, 0.15) is 62.0 Å². The molecule has 2 N–H and O–H groups in total. The van der Waals surface area contributed by atoms with Crippen LogP contribution in [0.2, 0.25) is 0 Å². The Morgan fingerprint density at radius 2 is 1.32 bits per heavy atom. The van der Waals surface area contributed by atoms with Crippen LogP contribution in [0.25, 0.3) is 0 Å². The first-order valence-electron chi connectivity index (χ1n) is 10.4. The van der Waals surface area contributed by atoms with Gasteiger partial charge in [-0.05, 0) is 24.0 Å². The molecule has 0 atom stereocenters.